The van der Waals surface area contributed by atoms with E-state index in [4.69, 9.17) is 18.9 Å². The molecule has 0 aromatic heterocycles. The molecule has 2 saturated heterocycles. The zero-order valence-corrected chi connectivity index (χ0v) is 25.0. The molecular weight excluding hydrogens is 568 g/mol. The minimum atomic E-state index is -2.64. The highest BCUT2D eigenvalue weighted by molar-refractivity contribution is 5.89. The molecule has 0 amide bonds. The van der Waals surface area contributed by atoms with Crippen LogP contribution in [0.2, 0.25) is 0 Å². The number of esters is 1. The van der Waals surface area contributed by atoms with Gasteiger partial charge in [0.25, 0.3) is 0 Å². The highest BCUT2D eigenvalue weighted by Crippen LogP contribution is 2.72. The van der Waals surface area contributed by atoms with Crippen LogP contribution in [0.4, 0.5) is 0 Å². The second-order valence-electron chi connectivity index (χ2n) is 13.7. The van der Waals surface area contributed by atoms with Crippen molar-refractivity contribution in [2.75, 3.05) is 6.61 Å². The number of hydrogen-bond donors (Lipinski definition) is 5. The van der Waals surface area contributed by atoms with Crippen LogP contribution >= 0.6 is 0 Å². The summed E-state index contributed by atoms with van der Waals surface area (Å²) in [6.45, 7) is 8.85. The van der Waals surface area contributed by atoms with Gasteiger partial charge in [-0.3, -0.25) is 0 Å². The third-order valence-corrected chi connectivity index (χ3v) is 11.4. The Bertz CT molecular complexity index is 1470. The van der Waals surface area contributed by atoms with Crippen LogP contribution in [-0.2, 0) is 24.9 Å². The Hall–Kier alpha value is -2.67. The Morgan fingerprint density at radius 2 is 1.61 bits per heavy atom. The Kier molecular flexibility index (Phi) is 6.59. The van der Waals surface area contributed by atoms with Crippen LogP contribution in [-0.4, -0.2) is 84.9 Å². The molecular formula is C34H40O10. The number of aliphatic hydroxyl groups is 5. The summed E-state index contributed by atoms with van der Waals surface area (Å²) in [6, 6.07) is 17.2. The van der Waals surface area contributed by atoms with Gasteiger partial charge >= 0.3 is 11.9 Å². The molecule has 2 aromatic carbocycles. The topological polar surface area (TPSA) is 155 Å². The molecule has 5 N–H and O–H groups in total. The van der Waals surface area contributed by atoms with Crippen LogP contribution < -0.4 is 0 Å². The maximum Gasteiger partial charge on any atom is 0.338 e. The smallest absolute Gasteiger partial charge is 0.338 e. The van der Waals surface area contributed by atoms with E-state index in [9.17, 15) is 30.3 Å². The van der Waals surface area contributed by atoms with Gasteiger partial charge in [-0.2, -0.15) is 0 Å². The lowest BCUT2D eigenvalue weighted by Gasteiger charge is -2.61. The van der Waals surface area contributed by atoms with Crippen LogP contribution in [0.3, 0.4) is 0 Å². The molecule has 2 aromatic rings. The molecule has 236 valence electrons. The Balaban J connectivity index is 1.42. The van der Waals surface area contributed by atoms with Crippen molar-refractivity contribution in [2.24, 2.45) is 23.7 Å². The predicted octanol–water partition coefficient (Wildman–Crippen LogP) is 2.02. The summed E-state index contributed by atoms with van der Waals surface area (Å²) in [7, 11) is 0. The summed E-state index contributed by atoms with van der Waals surface area (Å²) in [5.74, 6) is -5.59. The minimum absolute atomic E-state index is 0.200. The van der Waals surface area contributed by atoms with E-state index < -0.39 is 89.0 Å². The Morgan fingerprint density at radius 1 is 0.977 bits per heavy atom. The molecule has 5 fully saturated rings. The van der Waals surface area contributed by atoms with Crippen molar-refractivity contribution in [3.8, 4) is 0 Å². The van der Waals surface area contributed by atoms with E-state index in [1.165, 1.54) is 12.1 Å². The molecule has 10 heteroatoms. The van der Waals surface area contributed by atoms with E-state index in [1.807, 2.05) is 32.0 Å². The van der Waals surface area contributed by atoms with Gasteiger partial charge in [-0.1, -0.05) is 69.0 Å². The first-order chi connectivity index (χ1) is 20.8. The highest BCUT2D eigenvalue weighted by atomic mass is 16.9. The number of rotatable bonds is 5. The molecule has 3 saturated carbocycles. The molecule has 3 bridgehead atoms. The first-order valence-electron chi connectivity index (χ1n) is 15.3. The van der Waals surface area contributed by atoms with E-state index >= 15 is 0 Å². The number of carbonyl (C=O) groups excluding carboxylic acids is 1. The number of fused-ring (bicyclic) bond motifs is 2. The second-order valence-corrected chi connectivity index (χ2v) is 13.7. The molecule has 0 spiro atoms. The van der Waals surface area contributed by atoms with Gasteiger partial charge in [0.2, 0.25) is 0 Å². The van der Waals surface area contributed by atoms with E-state index in [-0.39, 0.29) is 12.0 Å². The predicted molar refractivity (Wildman–Crippen MR) is 155 cm³/mol. The van der Waals surface area contributed by atoms with Gasteiger partial charge in [0.05, 0.1) is 23.4 Å². The summed E-state index contributed by atoms with van der Waals surface area (Å²) in [5, 5.41) is 60.8. The largest absolute Gasteiger partial charge is 0.459 e. The fraction of sp³-hybridized carbons (Fsp3) is 0.559. The molecule has 2 aliphatic heterocycles. The van der Waals surface area contributed by atoms with Crippen LogP contribution in [0.5, 0.6) is 0 Å². The summed E-state index contributed by atoms with van der Waals surface area (Å²) in [4.78, 5) is 13.0. The van der Waals surface area contributed by atoms with Crippen molar-refractivity contribution in [3.05, 3.63) is 83.9 Å². The van der Waals surface area contributed by atoms with Crippen LogP contribution in [0.15, 0.2) is 72.8 Å². The van der Waals surface area contributed by atoms with E-state index in [2.05, 4.69) is 6.58 Å². The van der Waals surface area contributed by atoms with Crippen LogP contribution in [0.1, 0.15) is 49.5 Å². The summed E-state index contributed by atoms with van der Waals surface area (Å²) < 4.78 is 26.0. The quantitative estimate of drug-likeness (QED) is 0.252. The molecule has 4 unspecified atom stereocenters. The lowest BCUT2D eigenvalue weighted by molar-refractivity contribution is -0.446. The average molecular weight is 609 g/mol. The number of ether oxygens (including phenoxy) is 4. The molecule has 3 aliphatic carbocycles. The average Bonchev–Trinajstić information content (AvgIpc) is 3.38. The zero-order chi connectivity index (χ0) is 31.4. The first-order valence-corrected chi connectivity index (χ1v) is 15.3. The van der Waals surface area contributed by atoms with Crippen molar-refractivity contribution in [1.82, 2.24) is 0 Å². The standard InChI is InChI=1S/C34H40O10/c1-18(2)31-16-20(4)33-23-15-19(3)25(35)32(23,40)29(38)30(39,17-41-28(37)21-11-7-5-8-12-21)26(36)24(33)27(31)42-34(43-31,44-33)22-13-9-6-10-14-22/h5-14,19-20,23-27,29,35-36,38-40H,1,15-17H2,2-4H3/t19-,20+,23?,24?,25-,26?,27+,29+,30-,31+,32+,33-,34?/m0/s1. The summed E-state index contributed by atoms with van der Waals surface area (Å²) in [6.07, 6.45) is -5.89. The highest BCUT2D eigenvalue weighted by Gasteiger charge is 2.85. The second kappa shape index (κ2) is 9.67. The molecule has 44 heavy (non-hydrogen) atoms. The van der Waals surface area contributed by atoms with Crippen molar-refractivity contribution in [1.29, 1.82) is 0 Å². The van der Waals surface area contributed by atoms with Gasteiger partial charge in [0.15, 0.2) is 5.60 Å². The minimum Gasteiger partial charge on any atom is -0.459 e. The van der Waals surface area contributed by atoms with Gasteiger partial charge in [-0.05, 0) is 49.3 Å². The van der Waals surface area contributed by atoms with Crippen LogP contribution in [0.25, 0.3) is 0 Å². The fourth-order valence-electron chi connectivity index (χ4n) is 9.25. The van der Waals surface area contributed by atoms with Gasteiger partial charge in [0.1, 0.15) is 30.0 Å². The van der Waals surface area contributed by atoms with Crippen LogP contribution in [0, 0.1) is 23.7 Å². The number of benzene rings is 2. The monoisotopic (exact) mass is 608 g/mol. The van der Waals surface area contributed by atoms with E-state index in [0.29, 0.717) is 17.6 Å². The van der Waals surface area contributed by atoms with E-state index in [1.54, 1.807) is 37.3 Å². The van der Waals surface area contributed by atoms with Crippen molar-refractivity contribution in [3.63, 3.8) is 0 Å². The summed E-state index contributed by atoms with van der Waals surface area (Å²) in [5.41, 5.74) is -6.27. The summed E-state index contributed by atoms with van der Waals surface area (Å²) >= 11 is 0. The molecule has 5 aliphatic rings. The lowest BCUT2D eigenvalue weighted by Crippen LogP contribution is -2.73. The van der Waals surface area contributed by atoms with Gasteiger partial charge in [-0.25, -0.2) is 4.79 Å². The maximum absolute atomic E-state index is 13.0. The molecule has 10 nitrogen and oxygen atoms in total. The number of carbonyl (C=O) groups is 1. The van der Waals surface area contributed by atoms with Crippen molar-refractivity contribution < 1.29 is 49.3 Å². The maximum atomic E-state index is 13.0. The van der Waals surface area contributed by atoms with Gasteiger partial charge in [0, 0.05) is 17.4 Å². The third-order valence-electron chi connectivity index (χ3n) is 11.4. The van der Waals surface area contributed by atoms with Crippen molar-refractivity contribution in [2.45, 2.75) is 86.4 Å². The Morgan fingerprint density at radius 3 is 2.25 bits per heavy atom. The molecule has 0 radical (unpaired) electrons. The van der Waals surface area contributed by atoms with Gasteiger partial charge in [-0.15, -0.1) is 0 Å². The normalized spacial score (nSPS) is 48.7. The Labute approximate surface area is 255 Å². The lowest BCUT2D eigenvalue weighted by atomic mass is 9.53. The SMILES string of the molecule is C=C(C)[C@]12C[C@@H](C)[C@@]34OC(c5ccccc5)(O[C@@H]1C3C(O)[C@@](O)(COC(=O)c1ccccc1)[C@@H](O)[C@@]1(O)C4C[C@H](C)[C@@H]1O)O2. The van der Waals surface area contributed by atoms with E-state index in [0.717, 1.165) is 0 Å². The zero-order valence-electron chi connectivity index (χ0n) is 25.0. The molecule has 2 heterocycles. The molecule has 13 atom stereocenters. The fourth-order valence-corrected chi connectivity index (χ4v) is 9.25. The first kappa shape index (κ1) is 30.0. The number of hydrogen-bond acceptors (Lipinski definition) is 10. The van der Waals surface area contributed by atoms with Crippen molar-refractivity contribution >= 4 is 5.97 Å². The number of aliphatic hydroxyl groups excluding tert-OH is 3. The third kappa shape index (κ3) is 3.56. The molecule has 7 rings (SSSR count). The van der Waals surface area contributed by atoms with Gasteiger partial charge < -0.3 is 44.5 Å².